The van der Waals surface area contributed by atoms with Crippen LogP contribution in [0.2, 0.25) is 0 Å². The van der Waals surface area contributed by atoms with Crippen LogP contribution in [-0.4, -0.2) is 44.8 Å². The standard InChI is InChI=1S/C14H17N3O3S/c1-11-4-5-13(12(9-11)3-2-6-15)21(19,20)17-8-7-16-14(18)10-17/h4-5,9H,6-8,10,15H2,1H3,(H,16,18). The first kappa shape index (κ1) is 15.5. The van der Waals surface area contributed by atoms with Gasteiger partial charge in [0, 0.05) is 18.7 Å². The van der Waals surface area contributed by atoms with Crippen LogP contribution in [0.1, 0.15) is 11.1 Å². The minimum atomic E-state index is -3.74. The van der Waals surface area contributed by atoms with Crippen molar-refractivity contribution in [2.24, 2.45) is 5.73 Å². The highest BCUT2D eigenvalue weighted by atomic mass is 32.2. The Bertz CT molecular complexity index is 717. The molecule has 3 N–H and O–H groups in total. The number of sulfonamides is 1. The monoisotopic (exact) mass is 307 g/mol. The van der Waals surface area contributed by atoms with Gasteiger partial charge in [-0.25, -0.2) is 8.42 Å². The summed E-state index contributed by atoms with van der Waals surface area (Å²) in [7, 11) is -3.74. The molecule has 1 aliphatic rings. The molecule has 1 aromatic rings. The molecule has 0 radical (unpaired) electrons. The molecule has 1 heterocycles. The first-order chi connectivity index (χ1) is 9.95. The number of rotatable bonds is 2. The lowest BCUT2D eigenvalue weighted by Crippen LogP contribution is -2.49. The molecule has 7 heteroatoms. The van der Waals surface area contributed by atoms with Crippen LogP contribution in [0.3, 0.4) is 0 Å². The molecule has 0 aromatic heterocycles. The molecule has 0 spiro atoms. The molecule has 0 aliphatic carbocycles. The van der Waals surface area contributed by atoms with E-state index in [-0.39, 0.29) is 30.4 Å². The first-order valence-electron chi connectivity index (χ1n) is 6.51. The van der Waals surface area contributed by atoms with Crippen LogP contribution in [0, 0.1) is 18.8 Å². The summed E-state index contributed by atoms with van der Waals surface area (Å²) in [6.45, 7) is 2.41. The summed E-state index contributed by atoms with van der Waals surface area (Å²) in [5.41, 5.74) is 6.67. The van der Waals surface area contributed by atoms with Gasteiger partial charge < -0.3 is 11.1 Å². The molecule has 0 saturated carbocycles. The van der Waals surface area contributed by atoms with Crippen LogP contribution in [0.15, 0.2) is 23.1 Å². The number of benzene rings is 1. The molecule has 1 aliphatic heterocycles. The fourth-order valence-corrected chi connectivity index (χ4v) is 3.60. The predicted molar refractivity (Wildman–Crippen MR) is 78.9 cm³/mol. The fourth-order valence-electron chi connectivity index (χ4n) is 2.07. The van der Waals surface area contributed by atoms with Crippen LogP contribution in [0.5, 0.6) is 0 Å². The Morgan fingerprint density at radius 3 is 2.86 bits per heavy atom. The van der Waals surface area contributed by atoms with Crippen molar-refractivity contribution in [1.29, 1.82) is 0 Å². The van der Waals surface area contributed by atoms with Crippen LogP contribution in [0.4, 0.5) is 0 Å². The lowest BCUT2D eigenvalue weighted by atomic mass is 10.1. The number of nitrogens with zero attached hydrogens (tertiary/aromatic N) is 1. The molecular formula is C14H17N3O3S. The highest BCUT2D eigenvalue weighted by molar-refractivity contribution is 7.89. The van der Waals surface area contributed by atoms with E-state index in [1.165, 1.54) is 10.4 Å². The van der Waals surface area contributed by atoms with Crippen molar-refractivity contribution in [3.63, 3.8) is 0 Å². The summed E-state index contributed by atoms with van der Waals surface area (Å²) in [6.07, 6.45) is 0. The molecule has 2 rings (SSSR count). The van der Waals surface area contributed by atoms with E-state index in [2.05, 4.69) is 17.2 Å². The van der Waals surface area contributed by atoms with E-state index >= 15 is 0 Å². The average Bonchev–Trinajstić information content (AvgIpc) is 2.45. The Labute approximate surface area is 124 Å². The van der Waals surface area contributed by atoms with Crippen molar-refractivity contribution in [3.8, 4) is 11.8 Å². The van der Waals surface area contributed by atoms with Crippen LogP contribution >= 0.6 is 0 Å². The predicted octanol–water partition coefficient (Wildman–Crippen LogP) is -0.574. The van der Waals surface area contributed by atoms with Gasteiger partial charge in [-0.05, 0) is 24.6 Å². The van der Waals surface area contributed by atoms with Crippen molar-refractivity contribution < 1.29 is 13.2 Å². The van der Waals surface area contributed by atoms with Gasteiger partial charge in [0.1, 0.15) is 0 Å². The topological polar surface area (TPSA) is 92.5 Å². The van der Waals surface area contributed by atoms with Gasteiger partial charge in [0.2, 0.25) is 15.9 Å². The van der Waals surface area contributed by atoms with E-state index in [0.29, 0.717) is 12.1 Å². The van der Waals surface area contributed by atoms with E-state index < -0.39 is 10.0 Å². The fraction of sp³-hybridized carbons (Fsp3) is 0.357. The second-order valence-corrected chi connectivity index (χ2v) is 6.60. The van der Waals surface area contributed by atoms with Crippen LogP contribution < -0.4 is 11.1 Å². The van der Waals surface area contributed by atoms with Crippen molar-refractivity contribution in [2.75, 3.05) is 26.2 Å². The van der Waals surface area contributed by atoms with Gasteiger partial charge in [-0.15, -0.1) is 0 Å². The van der Waals surface area contributed by atoms with Gasteiger partial charge in [0.15, 0.2) is 0 Å². The number of amides is 1. The normalized spacial score (nSPS) is 16.0. The maximum atomic E-state index is 12.7. The minimum Gasteiger partial charge on any atom is -0.354 e. The third-order valence-corrected chi connectivity index (χ3v) is 4.98. The quantitative estimate of drug-likeness (QED) is 0.715. The second-order valence-electron chi connectivity index (χ2n) is 4.69. The van der Waals surface area contributed by atoms with Gasteiger partial charge in [-0.1, -0.05) is 17.9 Å². The van der Waals surface area contributed by atoms with E-state index in [9.17, 15) is 13.2 Å². The number of carbonyl (C=O) groups excluding carboxylic acids is 1. The zero-order valence-electron chi connectivity index (χ0n) is 11.7. The van der Waals surface area contributed by atoms with Gasteiger partial charge >= 0.3 is 0 Å². The maximum Gasteiger partial charge on any atom is 0.244 e. The smallest absolute Gasteiger partial charge is 0.244 e. The van der Waals surface area contributed by atoms with Gasteiger partial charge in [0.25, 0.3) is 0 Å². The third kappa shape index (κ3) is 3.42. The summed E-state index contributed by atoms with van der Waals surface area (Å²) in [6, 6.07) is 4.95. The van der Waals surface area contributed by atoms with E-state index in [1.54, 1.807) is 12.1 Å². The van der Waals surface area contributed by atoms with Crippen LogP contribution in [0.25, 0.3) is 0 Å². The Hall–Kier alpha value is -1.88. The molecule has 112 valence electrons. The summed E-state index contributed by atoms with van der Waals surface area (Å²) < 4.78 is 26.5. The zero-order valence-corrected chi connectivity index (χ0v) is 12.5. The molecule has 1 fully saturated rings. The van der Waals surface area contributed by atoms with Crippen molar-refractivity contribution in [1.82, 2.24) is 9.62 Å². The lowest BCUT2D eigenvalue weighted by Gasteiger charge is -2.26. The lowest BCUT2D eigenvalue weighted by molar-refractivity contribution is -0.122. The van der Waals surface area contributed by atoms with E-state index in [4.69, 9.17) is 5.73 Å². The number of nitrogens with two attached hydrogens (primary N) is 1. The Kier molecular flexibility index (Phi) is 4.63. The molecule has 0 atom stereocenters. The molecule has 0 unspecified atom stereocenters. The van der Waals surface area contributed by atoms with Crippen molar-refractivity contribution in [2.45, 2.75) is 11.8 Å². The maximum absolute atomic E-state index is 12.7. The molecule has 1 amide bonds. The number of piperazine rings is 1. The summed E-state index contributed by atoms with van der Waals surface area (Å²) in [5.74, 6) is 5.16. The molecular weight excluding hydrogens is 290 g/mol. The number of nitrogens with one attached hydrogen (secondary N) is 1. The van der Waals surface area contributed by atoms with Gasteiger partial charge in [0.05, 0.1) is 18.0 Å². The van der Waals surface area contributed by atoms with Crippen molar-refractivity contribution in [3.05, 3.63) is 29.3 Å². The Morgan fingerprint density at radius 2 is 2.19 bits per heavy atom. The second kappa shape index (κ2) is 6.26. The number of hydrogen-bond acceptors (Lipinski definition) is 4. The number of aryl methyl sites for hydroxylation is 1. The third-order valence-electron chi connectivity index (χ3n) is 3.08. The highest BCUT2D eigenvalue weighted by Crippen LogP contribution is 2.21. The largest absolute Gasteiger partial charge is 0.354 e. The highest BCUT2D eigenvalue weighted by Gasteiger charge is 2.30. The van der Waals surface area contributed by atoms with E-state index in [1.807, 2.05) is 6.92 Å². The zero-order chi connectivity index (χ0) is 15.5. The minimum absolute atomic E-state index is 0.115. The van der Waals surface area contributed by atoms with E-state index in [0.717, 1.165) is 5.56 Å². The molecule has 0 bridgehead atoms. The molecule has 1 saturated heterocycles. The first-order valence-corrected chi connectivity index (χ1v) is 7.95. The molecule has 6 nitrogen and oxygen atoms in total. The number of hydrogen-bond donors (Lipinski definition) is 2. The summed E-state index contributed by atoms with van der Waals surface area (Å²) in [4.78, 5) is 11.5. The number of carbonyl (C=O) groups is 1. The van der Waals surface area contributed by atoms with Crippen LogP contribution in [-0.2, 0) is 14.8 Å². The summed E-state index contributed by atoms with van der Waals surface area (Å²) >= 11 is 0. The Balaban J connectivity index is 2.46. The van der Waals surface area contributed by atoms with Crippen molar-refractivity contribution >= 4 is 15.9 Å². The molecule has 1 aromatic carbocycles. The molecule has 21 heavy (non-hydrogen) atoms. The van der Waals surface area contributed by atoms with Gasteiger partial charge in [-0.3, -0.25) is 4.79 Å². The van der Waals surface area contributed by atoms with Gasteiger partial charge in [-0.2, -0.15) is 4.31 Å². The SMILES string of the molecule is Cc1ccc(S(=O)(=O)N2CCNC(=O)C2)c(C#CCN)c1. The Morgan fingerprint density at radius 1 is 1.43 bits per heavy atom. The average molecular weight is 307 g/mol. The summed E-state index contributed by atoms with van der Waals surface area (Å²) in [5, 5.41) is 2.60.